The fourth-order valence-corrected chi connectivity index (χ4v) is 3.01. The number of nitrogens with zero attached hydrogens (tertiary/aromatic N) is 3. The number of morpholine rings is 1. The summed E-state index contributed by atoms with van der Waals surface area (Å²) in [4.78, 5) is 22.6. The van der Waals surface area contributed by atoms with Crippen molar-refractivity contribution in [2.75, 3.05) is 36.5 Å². The fourth-order valence-electron chi connectivity index (χ4n) is 3.01. The van der Waals surface area contributed by atoms with Gasteiger partial charge in [-0.25, -0.2) is 14.8 Å². The van der Waals surface area contributed by atoms with Crippen molar-refractivity contribution in [3.05, 3.63) is 46.9 Å². The minimum atomic E-state index is -5.01. The number of aromatic nitrogens is 2. The van der Waals surface area contributed by atoms with Gasteiger partial charge in [0.25, 0.3) is 0 Å². The van der Waals surface area contributed by atoms with Crippen molar-refractivity contribution in [1.82, 2.24) is 15.3 Å². The van der Waals surface area contributed by atoms with Crippen LogP contribution in [0.5, 0.6) is 0 Å². The molecule has 0 aliphatic carbocycles. The molecule has 0 unspecified atom stereocenters. The van der Waals surface area contributed by atoms with Gasteiger partial charge >= 0.3 is 18.4 Å². The number of halogens is 6. The molecular weight excluding hydrogens is 444 g/mol. The van der Waals surface area contributed by atoms with Gasteiger partial charge in [0, 0.05) is 30.5 Å². The Labute approximate surface area is 178 Å². The highest BCUT2D eigenvalue weighted by Crippen LogP contribution is 2.37. The molecule has 1 aliphatic rings. The van der Waals surface area contributed by atoms with Crippen molar-refractivity contribution >= 4 is 17.5 Å². The summed E-state index contributed by atoms with van der Waals surface area (Å²) >= 11 is 0. The van der Waals surface area contributed by atoms with E-state index in [2.05, 4.69) is 15.3 Å². The summed E-state index contributed by atoms with van der Waals surface area (Å²) in [6.07, 6.45) is -10.0. The highest BCUT2D eigenvalue weighted by molar-refractivity contribution is 5.89. The lowest BCUT2D eigenvalue weighted by Gasteiger charge is -2.28. The minimum absolute atomic E-state index is 0.0170. The van der Waals surface area contributed by atoms with Crippen molar-refractivity contribution in [2.45, 2.75) is 25.8 Å². The molecule has 1 aromatic heterocycles. The Kier molecular flexibility index (Phi) is 6.77. The Hall–Kier alpha value is -3.09. The van der Waals surface area contributed by atoms with Gasteiger partial charge in [-0.15, -0.1) is 0 Å². The first kappa shape index (κ1) is 23.6. The fraction of sp³-hybridized carbons (Fsp3) is 0.421. The summed E-state index contributed by atoms with van der Waals surface area (Å²) in [5.74, 6) is 0.868. The van der Waals surface area contributed by atoms with Crippen LogP contribution in [0.4, 0.5) is 42.6 Å². The standard InChI is InChI=1S/C19H19F6N5O2/c1-11-6-16(30-2-4-32-5-3-30)29-15(27-11)10-26-17(31)28-14-8-12(18(20,21)22)7-13(9-14)19(23,24)25/h6-9H,2-5,10H2,1H3,(H2,26,28,31). The van der Waals surface area contributed by atoms with Crippen molar-refractivity contribution < 1.29 is 35.9 Å². The summed E-state index contributed by atoms with van der Waals surface area (Å²) in [5.41, 5.74) is -3.07. The molecule has 1 fully saturated rings. The van der Waals surface area contributed by atoms with E-state index in [9.17, 15) is 31.1 Å². The Morgan fingerprint density at radius 2 is 1.59 bits per heavy atom. The number of hydrogen-bond acceptors (Lipinski definition) is 5. The van der Waals surface area contributed by atoms with Gasteiger partial charge in [-0.1, -0.05) is 0 Å². The normalized spacial score (nSPS) is 14.9. The van der Waals surface area contributed by atoms with E-state index >= 15 is 0 Å². The Morgan fingerprint density at radius 1 is 1.00 bits per heavy atom. The van der Waals surface area contributed by atoms with Gasteiger partial charge in [0.1, 0.15) is 11.6 Å². The number of carbonyl (C=O) groups is 1. The molecule has 1 aliphatic heterocycles. The van der Waals surface area contributed by atoms with Gasteiger partial charge in [-0.05, 0) is 25.1 Å². The number of alkyl halides is 6. The van der Waals surface area contributed by atoms with Crippen molar-refractivity contribution in [2.24, 2.45) is 0 Å². The molecule has 0 atom stereocenters. The third-order valence-electron chi connectivity index (χ3n) is 4.47. The first-order valence-electron chi connectivity index (χ1n) is 9.43. The SMILES string of the molecule is Cc1cc(N2CCOCC2)nc(CNC(=O)Nc2cc(C(F)(F)F)cc(C(F)(F)F)c2)n1. The van der Waals surface area contributed by atoms with Crippen molar-refractivity contribution in [1.29, 1.82) is 0 Å². The average molecular weight is 463 g/mol. The molecule has 32 heavy (non-hydrogen) atoms. The van der Waals surface area contributed by atoms with E-state index in [1.165, 1.54) is 0 Å². The number of carbonyl (C=O) groups excluding carboxylic acids is 1. The van der Waals surface area contributed by atoms with Crippen LogP contribution in [0.3, 0.4) is 0 Å². The molecule has 0 bridgehead atoms. The van der Waals surface area contributed by atoms with E-state index in [1.807, 2.05) is 10.2 Å². The van der Waals surface area contributed by atoms with Crippen LogP contribution < -0.4 is 15.5 Å². The number of aryl methyl sites for hydroxylation is 1. The van der Waals surface area contributed by atoms with Gasteiger partial charge in [0.2, 0.25) is 0 Å². The number of ether oxygens (including phenoxy) is 1. The second kappa shape index (κ2) is 9.18. The van der Waals surface area contributed by atoms with E-state index < -0.39 is 35.2 Å². The topological polar surface area (TPSA) is 79.4 Å². The Balaban J connectivity index is 1.70. The molecule has 1 saturated heterocycles. The van der Waals surface area contributed by atoms with Crippen LogP contribution in [0.25, 0.3) is 0 Å². The molecule has 0 saturated carbocycles. The van der Waals surface area contributed by atoms with Crippen molar-refractivity contribution in [3.8, 4) is 0 Å². The Bertz CT molecular complexity index is 941. The molecule has 174 valence electrons. The molecule has 0 radical (unpaired) electrons. The van der Waals surface area contributed by atoms with Crippen LogP contribution in [0.15, 0.2) is 24.3 Å². The molecule has 0 spiro atoms. The highest BCUT2D eigenvalue weighted by atomic mass is 19.4. The summed E-state index contributed by atoms with van der Waals surface area (Å²) < 4.78 is 83.0. The maximum Gasteiger partial charge on any atom is 0.416 e. The molecule has 2 amide bonds. The van der Waals surface area contributed by atoms with E-state index in [-0.39, 0.29) is 18.4 Å². The van der Waals surface area contributed by atoms with Crippen LogP contribution in [0.1, 0.15) is 22.6 Å². The zero-order chi connectivity index (χ0) is 23.5. The minimum Gasteiger partial charge on any atom is -0.378 e. The number of nitrogens with one attached hydrogen (secondary N) is 2. The van der Waals surface area contributed by atoms with E-state index in [0.29, 0.717) is 49.9 Å². The van der Waals surface area contributed by atoms with Crippen LogP contribution in [-0.2, 0) is 23.6 Å². The van der Waals surface area contributed by atoms with Crippen LogP contribution in [-0.4, -0.2) is 42.3 Å². The number of urea groups is 1. The predicted molar refractivity (Wildman–Crippen MR) is 102 cm³/mol. The van der Waals surface area contributed by atoms with E-state index in [0.717, 1.165) is 0 Å². The van der Waals surface area contributed by atoms with Gasteiger partial charge in [-0.2, -0.15) is 26.3 Å². The van der Waals surface area contributed by atoms with Gasteiger partial charge in [-0.3, -0.25) is 0 Å². The zero-order valence-electron chi connectivity index (χ0n) is 16.8. The van der Waals surface area contributed by atoms with E-state index in [4.69, 9.17) is 4.74 Å². The molecule has 2 aromatic rings. The maximum absolute atomic E-state index is 12.9. The second-order valence-electron chi connectivity index (χ2n) is 6.99. The number of hydrogen-bond donors (Lipinski definition) is 2. The molecular formula is C19H19F6N5O2. The Morgan fingerprint density at radius 3 is 2.16 bits per heavy atom. The largest absolute Gasteiger partial charge is 0.416 e. The molecule has 7 nitrogen and oxygen atoms in total. The smallest absolute Gasteiger partial charge is 0.378 e. The van der Waals surface area contributed by atoms with E-state index in [1.54, 1.807) is 13.0 Å². The van der Waals surface area contributed by atoms with Gasteiger partial charge in [0.05, 0.1) is 30.9 Å². The van der Waals surface area contributed by atoms with Crippen LogP contribution in [0.2, 0.25) is 0 Å². The van der Waals surface area contributed by atoms with Crippen LogP contribution >= 0.6 is 0 Å². The zero-order valence-corrected chi connectivity index (χ0v) is 16.8. The summed E-state index contributed by atoms with van der Waals surface area (Å²) in [6.45, 7) is 3.88. The first-order valence-corrected chi connectivity index (χ1v) is 9.43. The first-order chi connectivity index (χ1) is 14.9. The van der Waals surface area contributed by atoms with Gasteiger partial charge in [0.15, 0.2) is 0 Å². The lowest BCUT2D eigenvalue weighted by molar-refractivity contribution is -0.143. The number of rotatable bonds is 4. The summed E-state index contributed by atoms with van der Waals surface area (Å²) in [7, 11) is 0. The maximum atomic E-state index is 12.9. The summed E-state index contributed by atoms with van der Waals surface area (Å²) in [5, 5.41) is 4.34. The lowest BCUT2D eigenvalue weighted by Crippen LogP contribution is -2.37. The predicted octanol–water partition coefficient (Wildman–Crippen LogP) is 3.98. The van der Waals surface area contributed by atoms with Gasteiger partial charge < -0.3 is 20.3 Å². The molecule has 2 heterocycles. The molecule has 3 rings (SSSR count). The monoisotopic (exact) mass is 463 g/mol. The number of benzene rings is 1. The summed E-state index contributed by atoms with van der Waals surface area (Å²) in [6, 6.07) is 1.59. The third-order valence-corrected chi connectivity index (χ3v) is 4.47. The third kappa shape index (κ3) is 6.22. The second-order valence-corrected chi connectivity index (χ2v) is 6.99. The molecule has 13 heteroatoms. The quantitative estimate of drug-likeness (QED) is 0.671. The average Bonchev–Trinajstić information content (AvgIpc) is 2.71. The highest BCUT2D eigenvalue weighted by Gasteiger charge is 2.37. The van der Waals surface area contributed by atoms with Crippen LogP contribution in [0, 0.1) is 6.92 Å². The lowest BCUT2D eigenvalue weighted by atomic mass is 10.1. The van der Waals surface area contributed by atoms with Crippen molar-refractivity contribution in [3.63, 3.8) is 0 Å². The number of anilines is 2. The number of amides is 2. The molecule has 1 aromatic carbocycles. The molecule has 2 N–H and O–H groups in total.